The minimum absolute atomic E-state index is 0.0978. The van der Waals surface area contributed by atoms with E-state index in [1.165, 1.54) is 51.7 Å². The average molecular weight is 516 g/mol. The number of benzene rings is 2. The summed E-state index contributed by atoms with van der Waals surface area (Å²) in [7, 11) is -2.38. The number of amides is 1. The number of aromatic nitrogens is 3. The van der Waals surface area contributed by atoms with Crippen molar-refractivity contribution in [1.29, 1.82) is 0 Å². The molecule has 9 nitrogen and oxygen atoms in total. The lowest BCUT2D eigenvalue weighted by Crippen LogP contribution is -2.43. The van der Waals surface area contributed by atoms with Gasteiger partial charge in [0.25, 0.3) is 0 Å². The standard InChI is InChI=1S/C23H22FN5O4S2/c1-14-12-21(29(27-14)23-25-18-10-5-15(24)13-20(18)34-23)26-22(30)19-4-3-11-28(19)35(31,32)17-8-6-16(33-2)7-9-17/h5-10,12-13,19H,3-4,11H2,1-2H3,(H,26,30). The summed E-state index contributed by atoms with van der Waals surface area (Å²) in [6, 6.07) is 11.2. The molecule has 1 aliphatic rings. The van der Waals surface area contributed by atoms with Gasteiger partial charge in [0.15, 0.2) is 0 Å². The van der Waals surface area contributed by atoms with Gasteiger partial charge in [-0.05, 0) is 62.2 Å². The van der Waals surface area contributed by atoms with Gasteiger partial charge in [-0.15, -0.1) is 0 Å². The molecule has 0 aliphatic carbocycles. The number of nitrogens with zero attached hydrogens (tertiary/aromatic N) is 4. The lowest BCUT2D eigenvalue weighted by molar-refractivity contribution is -0.119. The molecule has 35 heavy (non-hydrogen) atoms. The first-order chi connectivity index (χ1) is 16.8. The van der Waals surface area contributed by atoms with Crippen molar-refractivity contribution < 1.29 is 22.3 Å². The number of ether oxygens (including phenoxy) is 1. The highest BCUT2D eigenvalue weighted by Gasteiger charge is 2.39. The lowest BCUT2D eigenvalue weighted by atomic mass is 10.2. The molecule has 0 saturated carbocycles. The molecule has 3 heterocycles. The number of aryl methyl sites for hydroxylation is 1. The van der Waals surface area contributed by atoms with Crippen LogP contribution in [0, 0.1) is 12.7 Å². The molecular weight excluding hydrogens is 493 g/mol. The monoisotopic (exact) mass is 515 g/mol. The van der Waals surface area contributed by atoms with E-state index in [4.69, 9.17) is 4.74 Å². The van der Waals surface area contributed by atoms with E-state index in [1.54, 1.807) is 31.2 Å². The molecule has 1 amide bonds. The topological polar surface area (TPSA) is 106 Å². The summed E-state index contributed by atoms with van der Waals surface area (Å²) < 4.78 is 48.6. The highest BCUT2D eigenvalue weighted by molar-refractivity contribution is 7.89. The zero-order valence-electron chi connectivity index (χ0n) is 18.9. The van der Waals surface area contributed by atoms with E-state index >= 15 is 0 Å². The number of thiazole rings is 1. The fraction of sp³-hybridized carbons (Fsp3) is 0.261. The van der Waals surface area contributed by atoms with E-state index < -0.39 is 22.0 Å². The number of methoxy groups -OCH3 is 1. The predicted octanol–water partition coefficient (Wildman–Crippen LogP) is 3.73. The van der Waals surface area contributed by atoms with Gasteiger partial charge in [-0.25, -0.2) is 17.8 Å². The fourth-order valence-corrected chi connectivity index (χ4v) is 6.71. The van der Waals surface area contributed by atoms with Crippen LogP contribution in [-0.2, 0) is 14.8 Å². The maximum atomic E-state index is 13.6. The van der Waals surface area contributed by atoms with E-state index in [-0.39, 0.29) is 17.3 Å². The molecule has 4 aromatic rings. The Morgan fingerprint density at radius 3 is 2.71 bits per heavy atom. The summed E-state index contributed by atoms with van der Waals surface area (Å²) in [5, 5.41) is 7.71. The maximum Gasteiger partial charge on any atom is 0.243 e. The van der Waals surface area contributed by atoms with Crippen molar-refractivity contribution in [3.63, 3.8) is 0 Å². The van der Waals surface area contributed by atoms with E-state index in [0.717, 1.165) is 0 Å². The van der Waals surface area contributed by atoms with Crippen LogP contribution in [-0.4, -0.2) is 53.1 Å². The van der Waals surface area contributed by atoms with Crippen molar-refractivity contribution in [2.45, 2.75) is 30.7 Å². The summed E-state index contributed by atoms with van der Waals surface area (Å²) >= 11 is 1.24. The molecule has 5 rings (SSSR count). The van der Waals surface area contributed by atoms with Crippen LogP contribution in [0.1, 0.15) is 18.5 Å². The first kappa shape index (κ1) is 23.4. The first-order valence-electron chi connectivity index (χ1n) is 10.9. The van der Waals surface area contributed by atoms with Gasteiger partial charge < -0.3 is 10.1 Å². The second-order valence-electron chi connectivity index (χ2n) is 8.13. The van der Waals surface area contributed by atoms with E-state index in [1.807, 2.05) is 0 Å². The van der Waals surface area contributed by atoms with Crippen LogP contribution in [0.2, 0.25) is 0 Å². The highest BCUT2D eigenvalue weighted by atomic mass is 32.2. The molecule has 1 N–H and O–H groups in total. The number of fused-ring (bicyclic) bond motifs is 1. The first-order valence-corrected chi connectivity index (χ1v) is 13.1. The van der Waals surface area contributed by atoms with Gasteiger partial charge >= 0.3 is 0 Å². The van der Waals surface area contributed by atoms with Crippen molar-refractivity contribution in [2.75, 3.05) is 19.0 Å². The van der Waals surface area contributed by atoms with Crippen molar-refractivity contribution in [1.82, 2.24) is 19.1 Å². The van der Waals surface area contributed by atoms with Crippen molar-refractivity contribution in [3.8, 4) is 10.9 Å². The van der Waals surface area contributed by atoms with Crippen LogP contribution in [0.25, 0.3) is 15.3 Å². The van der Waals surface area contributed by atoms with Crippen molar-refractivity contribution in [3.05, 3.63) is 60.0 Å². The normalized spacial score (nSPS) is 16.6. The number of hydrogen-bond donors (Lipinski definition) is 1. The number of halogens is 1. The van der Waals surface area contributed by atoms with Gasteiger partial charge in [0.1, 0.15) is 23.4 Å². The van der Waals surface area contributed by atoms with E-state index in [0.29, 0.717) is 45.5 Å². The largest absolute Gasteiger partial charge is 0.497 e. The molecule has 1 saturated heterocycles. The molecule has 1 aliphatic heterocycles. The number of anilines is 1. The van der Waals surface area contributed by atoms with Crippen molar-refractivity contribution >= 4 is 43.3 Å². The second kappa shape index (κ2) is 9.02. The van der Waals surface area contributed by atoms with Crippen molar-refractivity contribution in [2.24, 2.45) is 0 Å². The zero-order valence-corrected chi connectivity index (χ0v) is 20.6. The fourth-order valence-electron chi connectivity index (χ4n) is 4.09. The van der Waals surface area contributed by atoms with Crippen LogP contribution in [0.15, 0.2) is 53.4 Å². The highest BCUT2D eigenvalue weighted by Crippen LogP contribution is 2.30. The number of nitrogens with one attached hydrogen (secondary N) is 1. The third-order valence-corrected chi connectivity index (χ3v) is 8.69. The molecule has 0 bridgehead atoms. The van der Waals surface area contributed by atoms with Gasteiger partial charge in [0, 0.05) is 12.6 Å². The van der Waals surface area contributed by atoms with Crippen LogP contribution in [0.4, 0.5) is 10.2 Å². The Bertz CT molecular complexity index is 1510. The number of rotatable bonds is 6. The quantitative estimate of drug-likeness (QED) is 0.419. The molecule has 0 radical (unpaired) electrons. The SMILES string of the molecule is COc1ccc(S(=O)(=O)N2CCCC2C(=O)Nc2cc(C)nn2-c2nc3ccc(F)cc3s2)cc1. The summed E-state index contributed by atoms with van der Waals surface area (Å²) in [4.78, 5) is 17.9. The lowest BCUT2D eigenvalue weighted by Gasteiger charge is -2.23. The van der Waals surface area contributed by atoms with Gasteiger partial charge in [0.2, 0.25) is 21.1 Å². The van der Waals surface area contributed by atoms with Crippen LogP contribution in [0.3, 0.4) is 0 Å². The molecule has 2 aromatic heterocycles. The molecule has 12 heteroatoms. The smallest absolute Gasteiger partial charge is 0.243 e. The van der Waals surface area contributed by atoms with Gasteiger partial charge in [-0.1, -0.05) is 11.3 Å². The number of carbonyl (C=O) groups excluding carboxylic acids is 1. The predicted molar refractivity (Wildman–Crippen MR) is 130 cm³/mol. The Morgan fingerprint density at radius 1 is 1.20 bits per heavy atom. The Morgan fingerprint density at radius 2 is 1.97 bits per heavy atom. The molecular formula is C23H22FN5O4S2. The van der Waals surface area contributed by atoms with E-state index in [2.05, 4.69) is 15.4 Å². The minimum atomic E-state index is -3.88. The van der Waals surface area contributed by atoms with E-state index in [9.17, 15) is 17.6 Å². The Labute approximate surface area is 205 Å². The molecule has 0 spiro atoms. The van der Waals surface area contributed by atoms with Gasteiger partial charge in [-0.3, -0.25) is 4.79 Å². The summed E-state index contributed by atoms with van der Waals surface area (Å²) in [5.41, 5.74) is 1.25. The third-order valence-electron chi connectivity index (χ3n) is 5.78. The van der Waals surface area contributed by atoms with Gasteiger partial charge in [0.05, 0.1) is 27.9 Å². The maximum absolute atomic E-state index is 13.6. The molecule has 1 fully saturated rings. The average Bonchev–Trinajstić information content (AvgIpc) is 3.57. The number of carbonyl (C=O) groups is 1. The second-order valence-corrected chi connectivity index (χ2v) is 11.0. The minimum Gasteiger partial charge on any atom is -0.497 e. The Balaban J connectivity index is 1.41. The Hall–Kier alpha value is -3.35. The number of hydrogen-bond acceptors (Lipinski definition) is 7. The van der Waals surface area contributed by atoms with Crippen LogP contribution >= 0.6 is 11.3 Å². The number of sulfonamides is 1. The van der Waals surface area contributed by atoms with Crippen LogP contribution < -0.4 is 10.1 Å². The van der Waals surface area contributed by atoms with Crippen LogP contribution in [0.5, 0.6) is 5.75 Å². The Kier molecular flexibility index (Phi) is 6.03. The molecule has 1 unspecified atom stereocenters. The third kappa shape index (κ3) is 4.40. The molecule has 2 aromatic carbocycles. The summed E-state index contributed by atoms with van der Waals surface area (Å²) in [6.45, 7) is 2.02. The zero-order chi connectivity index (χ0) is 24.7. The molecule has 182 valence electrons. The summed E-state index contributed by atoms with van der Waals surface area (Å²) in [6.07, 6.45) is 0.962. The van der Waals surface area contributed by atoms with Gasteiger partial charge in [-0.2, -0.15) is 14.1 Å². The molecule has 1 atom stereocenters. The summed E-state index contributed by atoms with van der Waals surface area (Å²) in [5.74, 6) is 0.0896.